The first-order valence-corrected chi connectivity index (χ1v) is 16.9. The molecular weight excluding hydrogens is 653 g/mol. The Morgan fingerprint density at radius 1 is 0.778 bits per heavy atom. The van der Waals surface area contributed by atoms with Crippen LogP contribution in [0.2, 0.25) is 15.1 Å². The van der Waals surface area contributed by atoms with Gasteiger partial charge in [0.05, 0.1) is 20.6 Å². The summed E-state index contributed by atoms with van der Waals surface area (Å²) in [7, 11) is -4.25. The SMILES string of the molecule is CC(C)CNC(=O)[C@@H](Cc1ccccc1)N(Cc1ccc(Cl)cc1)C(=O)CN(c1ccc(Cl)c(Cl)c1)S(=O)(=O)c1ccccc1. The van der Waals surface area contributed by atoms with Crippen LogP contribution in [0.1, 0.15) is 25.0 Å². The Labute approximate surface area is 279 Å². The van der Waals surface area contributed by atoms with Crippen LogP contribution in [0.3, 0.4) is 0 Å². The van der Waals surface area contributed by atoms with Crippen LogP contribution < -0.4 is 9.62 Å². The molecule has 0 aliphatic carbocycles. The Balaban J connectivity index is 1.80. The van der Waals surface area contributed by atoms with E-state index in [4.69, 9.17) is 34.8 Å². The number of sulfonamides is 1. The molecule has 0 spiro atoms. The highest BCUT2D eigenvalue weighted by Gasteiger charge is 2.34. The summed E-state index contributed by atoms with van der Waals surface area (Å²) < 4.78 is 29.1. The van der Waals surface area contributed by atoms with E-state index in [1.54, 1.807) is 42.5 Å². The lowest BCUT2D eigenvalue weighted by atomic mass is 10.0. The molecule has 0 aromatic heterocycles. The second-order valence-corrected chi connectivity index (χ2v) is 14.0. The average molecular weight is 687 g/mol. The molecular formula is C34H34Cl3N3O4S. The van der Waals surface area contributed by atoms with Crippen LogP contribution in [0, 0.1) is 5.92 Å². The van der Waals surface area contributed by atoms with E-state index >= 15 is 0 Å². The Morgan fingerprint density at radius 3 is 2.00 bits per heavy atom. The minimum Gasteiger partial charge on any atom is -0.354 e. The first-order chi connectivity index (χ1) is 21.5. The van der Waals surface area contributed by atoms with Gasteiger partial charge in [-0.3, -0.25) is 13.9 Å². The first kappa shape index (κ1) is 34.3. The van der Waals surface area contributed by atoms with Crippen molar-refractivity contribution in [2.75, 3.05) is 17.4 Å². The predicted octanol–water partition coefficient (Wildman–Crippen LogP) is 7.25. The number of hydrogen-bond acceptors (Lipinski definition) is 4. The summed E-state index contributed by atoms with van der Waals surface area (Å²) >= 11 is 18.6. The van der Waals surface area contributed by atoms with Gasteiger partial charge in [-0.15, -0.1) is 0 Å². The van der Waals surface area contributed by atoms with E-state index in [0.29, 0.717) is 11.6 Å². The van der Waals surface area contributed by atoms with Crippen molar-refractivity contribution in [3.8, 4) is 0 Å². The van der Waals surface area contributed by atoms with Gasteiger partial charge in [-0.2, -0.15) is 0 Å². The van der Waals surface area contributed by atoms with Gasteiger partial charge in [0.1, 0.15) is 12.6 Å². The number of carbonyl (C=O) groups excluding carboxylic acids is 2. The van der Waals surface area contributed by atoms with Crippen molar-refractivity contribution < 1.29 is 18.0 Å². The van der Waals surface area contributed by atoms with E-state index in [1.165, 1.54) is 35.2 Å². The minimum absolute atomic E-state index is 0.0105. The van der Waals surface area contributed by atoms with Gasteiger partial charge >= 0.3 is 0 Å². The number of nitrogens with one attached hydrogen (secondary N) is 1. The van der Waals surface area contributed by atoms with E-state index in [9.17, 15) is 18.0 Å². The highest BCUT2D eigenvalue weighted by Crippen LogP contribution is 2.31. The molecule has 1 atom stereocenters. The molecule has 4 rings (SSSR count). The van der Waals surface area contributed by atoms with E-state index < -0.39 is 28.5 Å². The number of nitrogens with zero attached hydrogens (tertiary/aromatic N) is 2. The van der Waals surface area contributed by atoms with Crippen molar-refractivity contribution in [2.45, 2.75) is 37.8 Å². The van der Waals surface area contributed by atoms with Crippen molar-refractivity contribution in [2.24, 2.45) is 5.92 Å². The molecule has 4 aromatic carbocycles. The van der Waals surface area contributed by atoms with Crippen molar-refractivity contribution >= 4 is 62.3 Å². The monoisotopic (exact) mass is 685 g/mol. The quantitative estimate of drug-likeness (QED) is 0.161. The molecule has 0 saturated heterocycles. The van der Waals surface area contributed by atoms with Gasteiger partial charge in [0.15, 0.2) is 0 Å². The third kappa shape index (κ3) is 9.23. The number of halogens is 3. The van der Waals surface area contributed by atoms with Crippen LogP contribution in [0.15, 0.2) is 108 Å². The second kappa shape index (κ2) is 15.6. The highest BCUT2D eigenvalue weighted by atomic mass is 35.5. The van der Waals surface area contributed by atoms with Crippen LogP contribution in [0.5, 0.6) is 0 Å². The number of anilines is 1. The standard InChI is InChI=1S/C34H34Cl3N3O4S/c1-24(2)21-38-34(42)32(19-25-9-5-3-6-10-25)39(22-26-13-15-27(35)16-14-26)33(41)23-40(28-17-18-30(36)31(37)20-28)45(43,44)29-11-7-4-8-12-29/h3-18,20,24,32H,19,21-23H2,1-2H3,(H,38,42)/t32-/m1/s1. The molecule has 236 valence electrons. The molecule has 7 nitrogen and oxygen atoms in total. The molecule has 0 fully saturated rings. The third-order valence-corrected chi connectivity index (χ3v) is 9.80. The smallest absolute Gasteiger partial charge is 0.264 e. The van der Waals surface area contributed by atoms with Gasteiger partial charge in [0.25, 0.3) is 10.0 Å². The molecule has 0 unspecified atom stereocenters. The Bertz CT molecular complexity index is 1700. The molecule has 0 aliphatic rings. The topological polar surface area (TPSA) is 86.8 Å². The van der Waals surface area contributed by atoms with Gasteiger partial charge in [-0.1, -0.05) is 109 Å². The van der Waals surface area contributed by atoms with Crippen molar-refractivity contribution in [3.05, 3.63) is 129 Å². The highest BCUT2D eigenvalue weighted by molar-refractivity contribution is 7.92. The summed E-state index contributed by atoms with van der Waals surface area (Å²) in [6.07, 6.45) is 0.211. The van der Waals surface area contributed by atoms with E-state index in [2.05, 4.69) is 5.32 Å². The van der Waals surface area contributed by atoms with E-state index in [0.717, 1.165) is 15.4 Å². The molecule has 0 saturated carbocycles. The maximum Gasteiger partial charge on any atom is 0.264 e. The zero-order valence-electron chi connectivity index (χ0n) is 24.9. The van der Waals surface area contributed by atoms with Crippen molar-refractivity contribution in [1.29, 1.82) is 0 Å². The predicted molar refractivity (Wildman–Crippen MR) is 181 cm³/mol. The summed E-state index contributed by atoms with van der Waals surface area (Å²) in [6, 6.07) is 27.5. The van der Waals surface area contributed by atoms with Crippen LogP contribution in [-0.4, -0.2) is 44.3 Å². The number of rotatable bonds is 13. The Kier molecular flexibility index (Phi) is 11.9. The fourth-order valence-electron chi connectivity index (χ4n) is 4.65. The molecule has 4 aromatic rings. The summed E-state index contributed by atoms with van der Waals surface area (Å²) in [6.45, 7) is 3.79. The lowest BCUT2D eigenvalue weighted by Gasteiger charge is -2.34. The Morgan fingerprint density at radius 2 is 1.40 bits per heavy atom. The molecule has 0 radical (unpaired) electrons. The van der Waals surface area contributed by atoms with Crippen LogP contribution in [0.4, 0.5) is 5.69 Å². The van der Waals surface area contributed by atoms with Gasteiger partial charge in [0.2, 0.25) is 11.8 Å². The summed E-state index contributed by atoms with van der Waals surface area (Å²) in [5, 5.41) is 3.85. The number of amides is 2. The zero-order valence-corrected chi connectivity index (χ0v) is 28.0. The molecule has 2 amide bonds. The summed E-state index contributed by atoms with van der Waals surface area (Å²) in [5.41, 5.74) is 1.71. The second-order valence-electron chi connectivity index (χ2n) is 10.9. The maximum absolute atomic E-state index is 14.5. The van der Waals surface area contributed by atoms with Crippen LogP contribution in [-0.2, 0) is 32.6 Å². The van der Waals surface area contributed by atoms with Crippen LogP contribution >= 0.6 is 34.8 Å². The largest absolute Gasteiger partial charge is 0.354 e. The van der Waals surface area contributed by atoms with Gasteiger partial charge in [-0.05, 0) is 59.5 Å². The molecule has 11 heteroatoms. The fraction of sp³-hybridized carbons (Fsp3) is 0.235. The van der Waals surface area contributed by atoms with Gasteiger partial charge in [-0.25, -0.2) is 8.42 Å². The zero-order chi connectivity index (χ0) is 32.6. The van der Waals surface area contributed by atoms with Crippen LogP contribution in [0.25, 0.3) is 0 Å². The van der Waals surface area contributed by atoms with E-state index in [-0.39, 0.29) is 45.4 Å². The van der Waals surface area contributed by atoms with Gasteiger partial charge in [0, 0.05) is 24.5 Å². The minimum atomic E-state index is -4.25. The molecule has 0 heterocycles. The molecule has 1 N–H and O–H groups in total. The van der Waals surface area contributed by atoms with Crippen molar-refractivity contribution in [3.63, 3.8) is 0 Å². The summed E-state index contributed by atoms with van der Waals surface area (Å²) in [4.78, 5) is 29.7. The average Bonchev–Trinajstić information content (AvgIpc) is 3.03. The number of benzene rings is 4. The number of hydrogen-bond donors (Lipinski definition) is 1. The third-order valence-electron chi connectivity index (χ3n) is 7.02. The fourth-order valence-corrected chi connectivity index (χ4v) is 6.50. The summed E-state index contributed by atoms with van der Waals surface area (Å²) in [5.74, 6) is -0.758. The molecule has 0 aliphatic heterocycles. The lowest BCUT2D eigenvalue weighted by molar-refractivity contribution is -0.140. The molecule has 0 bridgehead atoms. The Hall–Kier alpha value is -3.56. The van der Waals surface area contributed by atoms with E-state index in [1.807, 2.05) is 44.2 Å². The first-order valence-electron chi connectivity index (χ1n) is 14.3. The molecule has 45 heavy (non-hydrogen) atoms. The maximum atomic E-state index is 14.5. The van der Waals surface area contributed by atoms with Gasteiger partial charge < -0.3 is 10.2 Å². The number of carbonyl (C=O) groups is 2. The normalized spacial score (nSPS) is 12.0. The van der Waals surface area contributed by atoms with Crippen molar-refractivity contribution in [1.82, 2.24) is 10.2 Å². The lowest BCUT2D eigenvalue weighted by Crippen LogP contribution is -2.53.